The molecule has 2 aromatic heterocycles. The zero-order valence-electron chi connectivity index (χ0n) is 13.5. The Morgan fingerprint density at radius 2 is 2.20 bits per heavy atom. The molecular formula is C18H16N2O4S. The highest BCUT2D eigenvalue weighted by atomic mass is 32.1. The predicted molar refractivity (Wildman–Crippen MR) is 94.1 cm³/mol. The number of nitrogens with zero attached hydrogens (tertiary/aromatic N) is 2. The van der Waals surface area contributed by atoms with E-state index in [0.717, 1.165) is 11.1 Å². The molecule has 0 spiro atoms. The molecule has 0 bridgehead atoms. The second-order valence-corrected chi connectivity index (χ2v) is 5.72. The molecule has 0 aliphatic carbocycles. The number of carbonyl (C=O) groups excluding carboxylic acids is 1. The zero-order valence-corrected chi connectivity index (χ0v) is 14.4. The molecular weight excluding hydrogens is 340 g/mol. The highest BCUT2D eigenvalue weighted by molar-refractivity contribution is 7.08. The Morgan fingerprint density at radius 1 is 1.32 bits per heavy atom. The molecule has 7 heteroatoms. The fourth-order valence-corrected chi connectivity index (χ4v) is 2.70. The summed E-state index contributed by atoms with van der Waals surface area (Å²) in [6.45, 7) is 2.38. The van der Waals surface area contributed by atoms with E-state index < -0.39 is 5.97 Å². The molecule has 0 fully saturated rings. The van der Waals surface area contributed by atoms with E-state index in [1.807, 2.05) is 48.0 Å². The Balaban J connectivity index is 1.56. The van der Waals surface area contributed by atoms with E-state index in [4.69, 9.17) is 14.0 Å². The Kier molecular flexibility index (Phi) is 5.58. The molecule has 0 atom stereocenters. The number of para-hydroxylation sites is 1. The Hall–Kier alpha value is -2.93. The van der Waals surface area contributed by atoms with E-state index in [1.54, 1.807) is 17.4 Å². The van der Waals surface area contributed by atoms with Gasteiger partial charge in [0.25, 0.3) is 5.89 Å². The van der Waals surface area contributed by atoms with Crippen LogP contribution < -0.4 is 4.74 Å². The van der Waals surface area contributed by atoms with Crippen molar-refractivity contribution in [2.75, 3.05) is 6.61 Å². The molecule has 0 N–H and O–H groups in total. The van der Waals surface area contributed by atoms with Crippen LogP contribution in [0.4, 0.5) is 0 Å². The summed E-state index contributed by atoms with van der Waals surface area (Å²) in [5, 5.41) is 7.70. The van der Waals surface area contributed by atoms with E-state index in [-0.39, 0.29) is 12.5 Å². The van der Waals surface area contributed by atoms with Gasteiger partial charge in [-0.3, -0.25) is 0 Å². The first kappa shape index (κ1) is 16.9. The van der Waals surface area contributed by atoms with Crippen molar-refractivity contribution in [3.05, 3.63) is 58.6 Å². The number of esters is 1. The molecule has 0 radical (unpaired) electrons. The van der Waals surface area contributed by atoms with Gasteiger partial charge < -0.3 is 14.0 Å². The second kappa shape index (κ2) is 8.25. The van der Waals surface area contributed by atoms with Crippen LogP contribution in [0.15, 0.2) is 51.7 Å². The van der Waals surface area contributed by atoms with Crippen molar-refractivity contribution in [1.82, 2.24) is 10.1 Å². The molecule has 6 nitrogen and oxygen atoms in total. The molecule has 0 unspecified atom stereocenters. The average molecular weight is 356 g/mol. The Morgan fingerprint density at radius 3 is 3.00 bits per heavy atom. The highest BCUT2D eigenvalue weighted by Crippen LogP contribution is 2.20. The number of rotatable bonds is 7. The van der Waals surface area contributed by atoms with Gasteiger partial charge in [-0.05, 0) is 30.5 Å². The SMILES string of the molecule is CCOc1ccccc1/C=C/C(=O)OCc1nc(-c2ccsc2)no1. The summed E-state index contributed by atoms with van der Waals surface area (Å²) in [7, 11) is 0. The summed E-state index contributed by atoms with van der Waals surface area (Å²) < 4.78 is 15.7. The molecule has 0 aliphatic heterocycles. The minimum Gasteiger partial charge on any atom is -0.493 e. The summed E-state index contributed by atoms with van der Waals surface area (Å²) in [6.07, 6.45) is 2.99. The summed E-state index contributed by atoms with van der Waals surface area (Å²) in [6, 6.07) is 9.35. The first-order valence-electron chi connectivity index (χ1n) is 7.68. The van der Waals surface area contributed by atoms with Gasteiger partial charge in [-0.25, -0.2) is 4.79 Å². The van der Waals surface area contributed by atoms with Crippen molar-refractivity contribution in [3.63, 3.8) is 0 Å². The van der Waals surface area contributed by atoms with Crippen molar-refractivity contribution in [2.45, 2.75) is 13.5 Å². The third kappa shape index (κ3) is 4.54. The quantitative estimate of drug-likeness (QED) is 0.471. The van der Waals surface area contributed by atoms with Gasteiger partial charge in [-0.1, -0.05) is 23.4 Å². The third-order valence-corrected chi connectivity index (χ3v) is 3.89. The third-order valence-electron chi connectivity index (χ3n) is 3.20. The monoisotopic (exact) mass is 356 g/mol. The summed E-state index contributed by atoms with van der Waals surface area (Å²) >= 11 is 1.54. The van der Waals surface area contributed by atoms with Crippen LogP contribution in [-0.2, 0) is 16.1 Å². The molecule has 0 saturated heterocycles. The van der Waals surface area contributed by atoms with Crippen LogP contribution in [0.25, 0.3) is 17.5 Å². The fourth-order valence-electron chi connectivity index (χ4n) is 2.07. The van der Waals surface area contributed by atoms with Crippen LogP contribution in [-0.4, -0.2) is 22.7 Å². The van der Waals surface area contributed by atoms with Crippen molar-refractivity contribution in [1.29, 1.82) is 0 Å². The van der Waals surface area contributed by atoms with Crippen LogP contribution in [0.2, 0.25) is 0 Å². The van der Waals surface area contributed by atoms with E-state index in [0.29, 0.717) is 18.2 Å². The number of hydrogen-bond donors (Lipinski definition) is 0. The average Bonchev–Trinajstić information content (AvgIpc) is 3.31. The van der Waals surface area contributed by atoms with Gasteiger partial charge in [-0.2, -0.15) is 16.3 Å². The van der Waals surface area contributed by atoms with E-state index in [1.165, 1.54) is 6.08 Å². The van der Waals surface area contributed by atoms with Gasteiger partial charge in [0.05, 0.1) is 6.61 Å². The lowest BCUT2D eigenvalue weighted by Crippen LogP contribution is -2.01. The van der Waals surface area contributed by atoms with Crippen molar-refractivity contribution in [3.8, 4) is 17.1 Å². The highest BCUT2D eigenvalue weighted by Gasteiger charge is 2.10. The van der Waals surface area contributed by atoms with Crippen LogP contribution in [0.5, 0.6) is 5.75 Å². The van der Waals surface area contributed by atoms with Crippen LogP contribution in [0.3, 0.4) is 0 Å². The molecule has 128 valence electrons. The lowest BCUT2D eigenvalue weighted by atomic mass is 10.2. The van der Waals surface area contributed by atoms with Crippen molar-refractivity contribution >= 4 is 23.4 Å². The van der Waals surface area contributed by atoms with E-state index >= 15 is 0 Å². The normalized spacial score (nSPS) is 10.9. The van der Waals surface area contributed by atoms with Gasteiger partial charge in [0, 0.05) is 22.6 Å². The Bertz CT molecular complexity index is 856. The molecule has 0 aliphatic rings. The van der Waals surface area contributed by atoms with Gasteiger partial charge in [0.1, 0.15) is 5.75 Å². The first-order chi connectivity index (χ1) is 12.3. The fraction of sp³-hybridized carbons (Fsp3) is 0.167. The number of aromatic nitrogens is 2. The maximum atomic E-state index is 11.9. The summed E-state index contributed by atoms with van der Waals surface area (Å²) in [5.74, 6) is 0.944. The number of hydrogen-bond acceptors (Lipinski definition) is 7. The maximum Gasteiger partial charge on any atom is 0.331 e. The number of carbonyl (C=O) groups is 1. The lowest BCUT2D eigenvalue weighted by molar-refractivity contribution is -0.139. The molecule has 0 amide bonds. The molecule has 2 heterocycles. The van der Waals surface area contributed by atoms with Crippen molar-refractivity contribution < 1.29 is 18.8 Å². The van der Waals surface area contributed by atoms with E-state index in [2.05, 4.69) is 10.1 Å². The summed E-state index contributed by atoms with van der Waals surface area (Å²) in [4.78, 5) is 16.0. The van der Waals surface area contributed by atoms with Crippen molar-refractivity contribution in [2.24, 2.45) is 0 Å². The molecule has 0 saturated carbocycles. The van der Waals surface area contributed by atoms with Gasteiger partial charge in [0.15, 0.2) is 6.61 Å². The minimum atomic E-state index is -0.499. The number of benzene rings is 1. The molecule has 1 aromatic carbocycles. The second-order valence-electron chi connectivity index (χ2n) is 4.94. The van der Waals surface area contributed by atoms with Crippen LogP contribution >= 0.6 is 11.3 Å². The smallest absolute Gasteiger partial charge is 0.331 e. The number of thiophene rings is 1. The zero-order chi connectivity index (χ0) is 17.5. The minimum absolute atomic E-state index is 0.0760. The van der Waals surface area contributed by atoms with Crippen LogP contribution in [0.1, 0.15) is 18.4 Å². The van der Waals surface area contributed by atoms with Gasteiger partial charge in [-0.15, -0.1) is 0 Å². The first-order valence-corrected chi connectivity index (χ1v) is 8.62. The van der Waals surface area contributed by atoms with Gasteiger partial charge in [0.2, 0.25) is 5.82 Å². The topological polar surface area (TPSA) is 74.5 Å². The predicted octanol–water partition coefficient (Wildman–Crippen LogP) is 3.95. The summed E-state index contributed by atoms with van der Waals surface area (Å²) in [5.41, 5.74) is 1.68. The lowest BCUT2D eigenvalue weighted by Gasteiger charge is -2.06. The maximum absolute atomic E-state index is 11.9. The number of ether oxygens (including phenoxy) is 2. The largest absolute Gasteiger partial charge is 0.493 e. The van der Waals surface area contributed by atoms with Gasteiger partial charge >= 0.3 is 5.97 Å². The molecule has 3 aromatic rings. The molecule has 3 rings (SSSR count). The Labute approximate surface area is 148 Å². The molecule has 25 heavy (non-hydrogen) atoms. The van der Waals surface area contributed by atoms with E-state index in [9.17, 15) is 4.79 Å². The van der Waals surface area contributed by atoms with Crippen LogP contribution in [0, 0.1) is 0 Å². The standard InChI is InChI=1S/C18H16N2O4S/c1-2-22-15-6-4-3-5-13(15)7-8-17(21)23-11-16-19-18(20-24-16)14-9-10-25-12-14/h3-10,12H,2,11H2,1H3/b8-7+.